The minimum absolute atomic E-state index is 0.0124. The van der Waals surface area contributed by atoms with E-state index in [1.807, 2.05) is 64.4 Å². The third kappa shape index (κ3) is 11.8. The Balaban J connectivity index is 1.27. The first-order valence-corrected chi connectivity index (χ1v) is 19.5. The first-order valence-electron chi connectivity index (χ1n) is 18.6. The molecule has 1 aliphatic rings. The fraction of sp³-hybridized carbons (Fsp3) is 0.525. The topological polar surface area (TPSA) is 190 Å². The average Bonchev–Trinajstić information content (AvgIpc) is 3.74. The molecule has 3 aromatic rings. The highest BCUT2D eigenvalue weighted by Gasteiger charge is 2.44. The molecule has 0 radical (unpaired) electrons. The van der Waals surface area contributed by atoms with Crippen LogP contribution in [0.4, 0.5) is 4.39 Å². The van der Waals surface area contributed by atoms with E-state index in [0.717, 1.165) is 21.7 Å². The highest BCUT2D eigenvalue weighted by Crippen LogP contribution is 2.30. The van der Waals surface area contributed by atoms with E-state index in [9.17, 15) is 24.3 Å². The molecule has 294 valence electrons. The number of aromatic nitrogens is 1. The molecule has 0 saturated carbocycles. The summed E-state index contributed by atoms with van der Waals surface area (Å²) in [5.74, 6) is -1.92. The summed E-state index contributed by atoms with van der Waals surface area (Å²) in [5, 5.41) is 16.5. The summed E-state index contributed by atoms with van der Waals surface area (Å²) in [4.78, 5) is 58.5. The van der Waals surface area contributed by atoms with Crippen molar-refractivity contribution in [3.8, 4) is 16.2 Å². The number of ether oxygens (including phenoxy) is 1. The molecule has 54 heavy (non-hydrogen) atoms. The van der Waals surface area contributed by atoms with Gasteiger partial charge in [-0.2, -0.15) is 0 Å². The number of primary amides is 1. The van der Waals surface area contributed by atoms with Crippen LogP contribution in [0.15, 0.2) is 48.0 Å². The van der Waals surface area contributed by atoms with Crippen LogP contribution in [0.5, 0.6) is 5.75 Å². The maximum Gasteiger partial charge on any atom is 0.246 e. The number of unbranched alkanes of at least 4 members (excludes halogenated alkanes) is 2. The third-order valence-electron chi connectivity index (χ3n) is 9.67. The second-order valence-electron chi connectivity index (χ2n) is 15.2. The molecule has 0 bridgehead atoms. The molecule has 5 atom stereocenters. The summed E-state index contributed by atoms with van der Waals surface area (Å²) in [6.07, 6.45) is 2.11. The lowest BCUT2D eigenvalue weighted by atomic mass is 9.85. The van der Waals surface area contributed by atoms with Crippen molar-refractivity contribution in [1.29, 1.82) is 0 Å². The molecule has 4 amide bonds. The van der Waals surface area contributed by atoms with E-state index < -0.39 is 47.3 Å². The Morgan fingerprint density at radius 1 is 1.07 bits per heavy atom. The lowest BCUT2D eigenvalue weighted by Gasteiger charge is -2.35. The summed E-state index contributed by atoms with van der Waals surface area (Å²) in [6, 6.07) is 10.2. The number of thiazole rings is 1. The van der Waals surface area contributed by atoms with Crippen LogP contribution >= 0.6 is 11.3 Å². The molecule has 2 heterocycles. The van der Waals surface area contributed by atoms with Gasteiger partial charge in [-0.3, -0.25) is 19.2 Å². The number of aliphatic hydroxyl groups is 1. The number of aliphatic hydroxyl groups excluding tert-OH is 1. The van der Waals surface area contributed by atoms with Crippen molar-refractivity contribution >= 4 is 35.0 Å². The number of carbonyl (C=O) groups excluding carboxylic acids is 4. The third-order valence-corrected chi connectivity index (χ3v) is 10.6. The van der Waals surface area contributed by atoms with Crippen molar-refractivity contribution in [3.05, 3.63) is 70.6 Å². The van der Waals surface area contributed by atoms with Gasteiger partial charge in [0.1, 0.15) is 18.7 Å². The van der Waals surface area contributed by atoms with Gasteiger partial charge in [0.15, 0.2) is 11.6 Å². The van der Waals surface area contributed by atoms with Gasteiger partial charge in [-0.15, -0.1) is 11.3 Å². The van der Waals surface area contributed by atoms with Crippen LogP contribution in [-0.2, 0) is 25.6 Å². The van der Waals surface area contributed by atoms with Gasteiger partial charge in [-0.1, -0.05) is 63.6 Å². The van der Waals surface area contributed by atoms with E-state index >= 15 is 4.39 Å². The summed E-state index contributed by atoms with van der Waals surface area (Å²) in [6.45, 7) is 9.41. The second kappa shape index (κ2) is 19.3. The fourth-order valence-corrected chi connectivity index (χ4v) is 7.31. The molecule has 1 fully saturated rings. The van der Waals surface area contributed by atoms with Crippen molar-refractivity contribution < 1.29 is 33.4 Å². The van der Waals surface area contributed by atoms with Gasteiger partial charge in [0, 0.05) is 31.8 Å². The monoisotopic (exact) mass is 766 g/mol. The van der Waals surface area contributed by atoms with Crippen molar-refractivity contribution in [1.82, 2.24) is 20.5 Å². The number of nitrogens with zero attached hydrogens (tertiary/aromatic N) is 2. The minimum Gasteiger partial charge on any atom is -0.489 e. The number of rotatable bonds is 18. The summed E-state index contributed by atoms with van der Waals surface area (Å²) in [7, 11) is 0. The van der Waals surface area contributed by atoms with Crippen molar-refractivity contribution in [2.75, 3.05) is 13.2 Å². The molecule has 1 aliphatic heterocycles. The van der Waals surface area contributed by atoms with Gasteiger partial charge in [-0.25, -0.2) is 9.37 Å². The van der Waals surface area contributed by atoms with Gasteiger partial charge in [0.25, 0.3) is 0 Å². The quantitative estimate of drug-likeness (QED) is 0.115. The normalized spacial score (nSPS) is 17.4. The number of amides is 4. The van der Waals surface area contributed by atoms with E-state index in [0.29, 0.717) is 37.7 Å². The van der Waals surface area contributed by atoms with Gasteiger partial charge >= 0.3 is 0 Å². The molecule has 2 aromatic carbocycles. The summed E-state index contributed by atoms with van der Waals surface area (Å²) < 4.78 is 20.6. The van der Waals surface area contributed by atoms with Gasteiger partial charge in [-0.05, 0) is 67.7 Å². The highest BCUT2D eigenvalue weighted by atomic mass is 32.1. The Morgan fingerprint density at radius 3 is 2.44 bits per heavy atom. The maximum absolute atomic E-state index is 15.1. The van der Waals surface area contributed by atoms with Crippen LogP contribution in [0.25, 0.3) is 10.4 Å². The maximum atomic E-state index is 15.1. The molecule has 3 unspecified atom stereocenters. The first kappa shape index (κ1) is 42.3. The molecular weight excluding hydrogens is 712 g/mol. The number of nitrogens with two attached hydrogens (primary N) is 2. The van der Waals surface area contributed by atoms with Gasteiger partial charge in [0.05, 0.1) is 28.2 Å². The number of aryl methyl sites for hydroxylation is 2. The Kier molecular flexibility index (Phi) is 15.1. The molecule has 7 N–H and O–H groups in total. The predicted octanol–water partition coefficient (Wildman–Crippen LogP) is 4.70. The summed E-state index contributed by atoms with van der Waals surface area (Å²) in [5.41, 5.74) is 15.6. The van der Waals surface area contributed by atoms with Crippen molar-refractivity contribution in [2.45, 2.75) is 116 Å². The highest BCUT2D eigenvalue weighted by molar-refractivity contribution is 7.13. The molecule has 4 rings (SSSR count). The Hall–Kier alpha value is -4.40. The van der Waals surface area contributed by atoms with Gasteiger partial charge < -0.3 is 36.8 Å². The second-order valence-corrected chi connectivity index (χ2v) is 16.1. The zero-order chi connectivity index (χ0) is 39.6. The number of hydrogen-bond donors (Lipinski definition) is 5. The number of hydrogen-bond acceptors (Lipinski definition) is 9. The first-order chi connectivity index (χ1) is 25.5. The number of β-amino-alcohol motifs (C(OH)–C–C–N with tert-alkyl or cyclic N) is 1. The van der Waals surface area contributed by atoms with Crippen LogP contribution in [-0.4, -0.2) is 76.0 Å². The van der Waals surface area contributed by atoms with Crippen molar-refractivity contribution in [3.63, 3.8) is 0 Å². The molecule has 1 aromatic heterocycles. The number of likely N-dealkylation sites (tertiary alicyclic amines) is 1. The van der Waals surface area contributed by atoms with Crippen molar-refractivity contribution in [2.24, 2.45) is 16.9 Å². The molecule has 14 heteroatoms. The van der Waals surface area contributed by atoms with E-state index in [1.165, 1.54) is 11.0 Å². The molecule has 12 nitrogen and oxygen atoms in total. The lowest BCUT2D eigenvalue weighted by Crippen LogP contribution is -2.57. The Bertz CT molecular complexity index is 1740. The smallest absolute Gasteiger partial charge is 0.246 e. The van der Waals surface area contributed by atoms with Crippen LogP contribution in [0.3, 0.4) is 0 Å². The van der Waals surface area contributed by atoms with Crippen LogP contribution in [0.1, 0.15) is 95.5 Å². The van der Waals surface area contributed by atoms with E-state index in [2.05, 4.69) is 15.6 Å². The molecule has 0 spiro atoms. The fourth-order valence-electron chi connectivity index (χ4n) is 6.49. The zero-order valence-corrected chi connectivity index (χ0v) is 32.7. The standard InChI is InChI=1S/C40H55FN6O6S/c1-24(26-14-16-28(17-15-26)36-25(2)44-23-54-36)45-38(51)31-20-30(48)21-47(31)39(52)37(40(3,4)5)46-34(50)13-8-6-7-10-27-11-9-12-32(35(27)41)53-22-29(42)18-19-33(43)49/h9,11-12,14-17,23-24,29-31,37,48H,6-8,10,13,18-22,42H2,1-5H3,(H2,43,49)(H,45,51)(H,46,50)/t24?,29?,30-,31+,37?/m1/s1. The SMILES string of the molecule is Cc1ncsc1-c1ccc(C(C)NC(=O)[C@@H]2C[C@@H](O)CN2C(=O)C(NC(=O)CCCCCc2cccc(OCC(N)CCC(N)=O)c2F)C(C)(C)C)cc1. The zero-order valence-electron chi connectivity index (χ0n) is 31.9. The number of nitrogens with one attached hydrogen (secondary N) is 2. The van der Waals surface area contributed by atoms with Crippen LogP contribution < -0.4 is 26.8 Å². The van der Waals surface area contributed by atoms with E-state index in [1.54, 1.807) is 23.5 Å². The predicted molar refractivity (Wildman–Crippen MR) is 207 cm³/mol. The Labute approximate surface area is 321 Å². The number of carbonyl (C=O) groups is 4. The van der Waals surface area contributed by atoms with E-state index in [4.69, 9.17) is 16.2 Å². The van der Waals surface area contributed by atoms with E-state index in [-0.39, 0.29) is 56.0 Å². The molecule has 1 saturated heterocycles. The lowest BCUT2D eigenvalue weighted by molar-refractivity contribution is -0.144. The molecule has 0 aliphatic carbocycles. The number of benzene rings is 2. The van der Waals surface area contributed by atoms with Crippen LogP contribution in [0, 0.1) is 18.2 Å². The largest absolute Gasteiger partial charge is 0.489 e. The average molecular weight is 767 g/mol. The summed E-state index contributed by atoms with van der Waals surface area (Å²) >= 11 is 1.57. The Morgan fingerprint density at radius 2 is 1.80 bits per heavy atom. The molecular formula is C40H55FN6O6S. The minimum atomic E-state index is -0.925. The number of halogens is 1. The van der Waals surface area contributed by atoms with Gasteiger partial charge in [0.2, 0.25) is 23.6 Å². The van der Waals surface area contributed by atoms with Crippen LogP contribution in [0.2, 0.25) is 0 Å².